The Balaban J connectivity index is 1.47. The molecule has 5 rings (SSSR count). The summed E-state index contributed by atoms with van der Waals surface area (Å²) in [6.07, 6.45) is 1.73. The molecule has 0 atom stereocenters. The Bertz CT molecular complexity index is 1090. The van der Waals surface area contributed by atoms with E-state index < -0.39 is 0 Å². The lowest BCUT2D eigenvalue weighted by Crippen LogP contribution is -2.24. The first-order valence-electron chi connectivity index (χ1n) is 8.63. The Morgan fingerprint density at radius 1 is 1.11 bits per heavy atom. The van der Waals surface area contributed by atoms with E-state index in [9.17, 15) is 0 Å². The van der Waals surface area contributed by atoms with Crippen molar-refractivity contribution in [1.29, 1.82) is 0 Å². The Hall–Kier alpha value is -3.40. The van der Waals surface area contributed by atoms with E-state index in [1.165, 1.54) is 0 Å². The van der Waals surface area contributed by atoms with Gasteiger partial charge in [-0.25, -0.2) is 0 Å². The summed E-state index contributed by atoms with van der Waals surface area (Å²) in [5, 5.41) is 21.6. The van der Waals surface area contributed by atoms with Gasteiger partial charge in [-0.3, -0.25) is 4.98 Å². The van der Waals surface area contributed by atoms with Crippen molar-refractivity contribution < 1.29 is 4.74 Å². The van der Waals surface area contributed by atoms with E-state index in [4.69, 9.17) is 9.84 Å². The number of aromatic nitrogens is 8. The van der Waals surface area contributed by atoms with Crippen LogP contribution < -0.4 is 4.90 Å². The van der Waals surface area contributed by atoms with Crippen molar-refractivity contribution >= 4 is 11.5 Å². The number of pyridine rings is 1. The lowest BCUT2D eigenvalue weighted by Gasteiger charge is -2.20. The molecular formula is C17H17N9O. The first kappa shape index (κ1) is 15.8. The second-order valence-corrected chi connectivity index (χ2v) is 6.29. The third-order valence-corrected chi connectivity index (χ3v) is 4.51. The fourth-order valence-electron chi connectivity index (χ4n) is 3.10. The minimum Gasteiger partial charge on any atom is -0.372 e. The van der Waals surface area contributed by atoms with Gasteiger partial charge in [0.25, 0.3) is 0 Å². The van der Waals surface area contributed by atoms with Gasteiger partial charge in [0.1, 0.15) is 18.1 Å². The summed E-state index contributed by atoms with van der Waals surface area (Å²) in [6.45, 7) is 2.55. The van der Waals surface area contributed by atoms with Gasteiger partial charge in [-0.2, -0.15) is 4.52 Å². The van der Waals surface area contributed by atoms with Gasteiger partial charge in [0, 0.05) is 19.8 Å². The lowest BCUT2D eigenvalue weighted by atomic mass is 10.3. The predicted molar refractivity (Wildman–Crippen MR) is 95.8 cm³/mol. The van der Waals surface area contributed by atoms with Gasteiger partial charge in [0.05, 0.1) is 13.2 Å². The summed E-state index contributed by atoms with van der Waals surface area (Å²) in [6, 6.07) is 9.48. The van der Waals surface area contributed by atoms with E-state index in [0.29, 0.717) is 31.2 Å². The highest BCUT2D eigenvalue weighted by Crippen LogP contribution is 2.19. The highest BCUT2D eigenvalue weighted by atomic mass is 16.5. The van der Waals surface area contributed by atoms with Crippen LogP contribution in [0.3, 0.4) is 0 Å². The molecule has 0 spiro atoms. The minimum absolute atomic E-state index is 0.509. The van der Waals surface area contributed by atoms with E-state index in [1.54, 1.807) is 10.7 Å². The maximum absolute atomic E-state index is 5.42. The third-order valence-electron chi connectivity index (χ3n) is 4.51. The van der Waals surface area contributed by atoms with Crippen molar-refractivity contribution in [3.8, 4) is 11.5 Å². The standard InChI is InChI=1S/C17H17N9O/c1-24(10-15-20-21-16-11-27-9-8-25(15)16)14-6-5-13-19-22-17(26(13)23-14)12-4-2-3-7-18-12/h2-7H,8-11H2,1H3. The molecule has 5 heterocycles. The zero-order chi connectivity index (χ0) is 18.2. The van der Waals surface area contributed by atoms with Gasteiger partial charge in [0.2, 0.25) is 5.82 Å². The molecule has 0 saturated carbocycles. The summed E-state index contributed by atoms with van der Waals surface area (Å²) in [7, 11) is 1.97. The average Bonchev–Trinajstić information content (AvgIpc) is 3.32. The van der Waals surface area contributed by atoms with Crippen LogP contribution in [0.4, 0.5) is 5.82 Å². The molecule has 136 valence electrons. The number of rotatable bonds is 4. The molecule has 0 radical (unpaired) electrons. The zero-order valence-electron chi connectivity index (χ0n) is 14.7. The summed E-state index contributed by atoms with van der Waals surface area (Å²) in [5.41, 5.74) is 1.40. The van der Waals surface area contributed by atoms with Crippen molar-refractivity contribution in [1.82, 2.24) is 39.6 Å². The largest absolute Gasteiger partial charge is 0.372 e. The van der Waals surface area contributed by atoms with Gasteiger partial charge < -0.3 is 14.2 Å². The van der Waals surface area contributed by atoms with Crippen LogP contribution in [-0.4, -0.2) is 53.2 Å². The maximum atomic E-state index is 5.42. The topological polar surface area (TPSA) is 99.2 Å². The number of anilines is 1. The molecule has 4 aromatic rings. The number of nitrogens with zero attached hydrogens (tertiary/aromatic N) is 9. The summed E-state index contributed by atoms with van der Waals surface area (Å²) in [4.78, 5) is 6.37. The van der Waals surface area contributed by atoms with Crippen LogP contribution in [-0.2, 0) is 24.4 Å². The quantitative estimate of drug-likeness (QED) is 0.528. The highest BCUT2D eigenvalue weighted by Gasteiger charge is 2.18. The molecular weight excluding hydrogens is 346 g/mol. The molecule has 0 fully saturated rings. The van der Waals surface area contributed by atoms with Crippen molar-refractivity contribution in [2.24, 2.45) is 0 Å². The molecule has 27 heavy (non-hydrogen) atoms. The molecule has 4 aromatic heterocycles. The first-order valence-corrected chi connectivity index (χ1v) is 8.63. The average molecular weight is 363 g/mol. The molecule has 0 bridgehead atoms. The van der Waals surface area contributed by atoms with Crippen LogP contribution in [0.2, 0.25) is 0 Å². The smallest absolute Gasteiger partial charge is 0.203 e. The van der Waals surface area contributed by atoms with E-state index in [0.717, 1.165) is 29.7 Å². The van der Waals surface area contributed by atoms with Crippen molar-refractivity contribution in [3.63, 3.8) is 0 Å². The number of ether oxygens (including phenoxy) is 1. The zero-order valence-corrected chi connectivity index (χ0v) is 14.7. The van der Waals surface area contributed by atoms with Crippen LogP contribution in [0, 0.1) is 0 Å². The Morgan fingerprint density at radius 2 is 2.07 bits per heavy atom. The second kappa shape index (κ2) is 6.40. The van der Waals surface area contributed by atoms with Crippen LogP contribution in [0.1, 0.15) is 11.6 Å². The van der Waals surface area contributed by atoms with E-state index in [1.807, 2.05) is 42.3 Å². The monoisotopic (exact) mass is 363 g/mol. The van der Waals surface area contributed by atoms with Gasteiger partial charge >= 0.3 is 0 Å². The molecule has 0 N–H and O–H groups in total. The molecule has 0 unspecified atom stereocenters. The fourth-order valence-corrected chi connectivity index (χ4v) is 3.10. The van der Waals surface area contributed by atoms with Gasteiger partial charge in [-0.1, -0.05) is 6.07 Å². The molecule has 0 amide bonds. The van der Waals surface area contributed by atoms with Crippen LogP contribution in [0.15, 0.2) is 36.5 Å². The summed E-state index contributed by atoms with van der Waals surface area (Å²) < 4.78 is 9.24. The number of hydrogen-bond donors (Lipinski definition) is 0. The van der Waals surface area contributed by atoms with Crippen molar-refractivity contribution in [3.05, 3.63) is 48.2 Å². The van der Waals surface area contributed by atoms with Crippen molar-refractivity contribution in [2.45, 2.75) is 19.7 Å². The van der Waals surface area contributed by atoms with Crippen LogP contribution in [0.25, 0.3) is 17.2 Å². The highest BCUT2D eigenvalue weighted by molar-refractivity contribution is 5.55. The Kier molecular flexibility index (Phi) is 3.75. The number of hydrogen-bond acceptors (Lipinski definition) is 8. The predicted octanol–water partition coefficient (Wildman–Crippen LogP) is 0.944. The summed E-state index contributed by atoms with van der Waals surface area (Å²) in [5.74, 6) is 3.15. The Labute approximate surface area is 154 Å². The van der Waals surface area contributed by atoms with E-state index >= 15 is 0 Å². The first-order chi connectivity index (χ1) is 13.3. The Morgan fingerprint density at radius 3 is 2.96 bits per heavy atom. The molecule has 0 saturated heterocycles. The second-order valence-electron chi connectivity index (χ2n) is 6.29. The molecule has 0 aliphatic carbocycles. The van der Waals surface area contributed by atoms with Crippen molar-refractivity contribution in [2.75, 3.05) is 18.6 Å². The van der Waals surface area contributed by atoms with Crippen LogP contribution in [0.5, 0.6) is 0 Å². The molecule has 1 aliphatic rings. The van der Waals surface area contributed by atoms with Gasteiger partial charge in [-0.05, 0) is 24.3 Å². The van der Waals surface area contributed by atoms with E-state index in [2.05, 4.69) is 29.9 Å². The fraction of sp³-hybridized carbons (Fsp3) is 0.294. The SMILES string of the molecule is CN(Cc1nnc2n1CCOC2)c1ccc2nnc(-c3ccccn3)n2n1. The molecule has 10 heteroatoms. The molecule has 0 aromatic carbocycles. The maximum Gasteiger partial charge on any atom is 0.203 e. The van der Waals surface area contributed by atoms with Gasteiger partial charge in [-0.15, -0.1) is 25.5 Å². The van der Waals surface area contributed by atoms with Crippen LogP contribution >= 0.6 is 0 Å². The third kappa shape index (κ3) is 2.79. The lowest BCUT2D eigenvalue weighted by molar-refractivity contribution is 0.0806. The molecule has 10 nitrogen and oxygen atoms in total. The summed E-state index contributed by atoms with van der Waals surface area (Å²) >= 11 is 0. The van der Waals surface area contributed by atoms with Gasteiger partial charge in [0.15, 0.2) is 17.3 Å². The molecule has 1 aliphatic heterocycles. The normalized spacial score (nSPS) is 13.7. The van der Waals surface area contributed by atoms with E-state index in [-0.39, 0.29) is 0 Å². The number of fused-ring (bicyclic) bond motifs is 2. The minimum atomic E-state index is 0.509.